The summed E-state index contributed by atoms with van der Waals surface area (Å²) in [4.78, 5) is 22.7. The van der Waals surface area contributed by atoms with Crippen LogP contribution < -0.4 is 0 Å². The molecule has 1 aliphatic carbocycles. The number of hydrogen-bond donors (Lipinski definition) is 0. The predicted octanol–water partition coefficient (Wildman–Crippen LogP) is 2.98. The van der Waals surface area contributed by atoms with Gasteiger partial charge in [-0.25, -0.2) is 0 Å². The number of Topliss-reactive ketones (excluding diaryl/α,β-unsaturated/α-hetero) is 2. The molecule has 0 fully saturated rings. The Hall–Kier alpha value is -1.18. The predicted molar refractivity (Wildman–Crippen MR) is 60.6 cm³/mol. The van der Waals surface area contributed by atoms with Crippen LogP contribution in [0, 0.1) is 0 Å². The highest BCUT2D eigenvalue weighted by molar-refractivity contribution is 5.97. The summed E-state index contributed by atoms with van der Waals surface area (Å²) in [6.07, 6.45) is 7.72. The Bertz CT molecular complexity index is 321. The summed E-state index contributed by atoms with van der Waals surface area (Å²) >= 11 is 0. The fourth-order valence-corrected chi connectivity index (χ4v) is 1.69. The van der Waals surface area contributed by atoms with E-state index in [1.807, 2.05) is 13.0 Å². The van der Waals surface area contributed by atoms with Crippen molar-refractivity contribution < 1.29 is 9.59 Å². The molecule has 0 atom stereocenters. The molecule has 1 aliphatic rings. The molecule has 0 unspecified atom stereocenters. The molecule has 0 aliphatic heterocycles. The van der Waals surface area contributed by atoms with E-state index >= 15 is 0 Å². The Labute approximate surface area is 91.1 Å². The summed E-state index contributed by atoms with van der Waals surface area (Å²) in [5.41, 5.74) is 1.91. The zero-order valence-electron chi connectivity index (χ0n) is 9.51. The van der Waals surface area contributed by atoms with E-state index in [4.69, 9.17) is 0 Å². The molecule has 15 heavy (non-hydrogen) atoms. The van der Waals surface area contributed by atoms with Crippen molar-refractivity contribution in [2.24, 2.45) is 0 Å². The van der Waals surface area contributed by atoms with Crippen LogP contribution in [-0.2, 0) is 9.59 Å². The van der Waals surface area contributed by atoms with Gasteiger partial charge in [0.25, 0.3) is 0 Å². The number of hydrogen-bond acceptors (Lipinski definition) is 2. The lowest BCUT2D eigenvalue weighted by Gasteiger charge is -2.06. The molecule has 0 spiro atoms. The van der Waals surface area contributed by atoms with E-state index in [9.17, 15) is 9.59 Å². The SMILES string of the molecule is CC(=O)C1=C/CC(=O)CCCC/C(C)=C\1. The largest absolute Gasteiger partial charge is 0.299 e. The maximum absolute atomic E-state index is 11.4. The van der Waals surface area contributed by atoms with Crippen LogP contribution in [0.25, 0.3) is 0 Å². The summed E-state index contributed by atoms with van der Waals surface area (Å²) in [6.45, 7) is 3.59. The van der Waals surface area contributed by atoms with Crippen LogP contribution in [0.5, 0.6) is 0 Å². The van der Waals surface area contributed by atoms with Gasteiger partial charge in [0.15, 0.2) is 5.78 Å². The highest BCUT2D eigenvalue weighted by Gasteiger charge is 2.06. The molecule has 0 saturated heterocycles. The first kappa shape index (κ1) is 11.9. The van der Waals surface area contributed by atoms with Crippen LogP contribution in [0.15, 0.2) is 23.3 Å². The molecule has 0 bridgehead atoms. The van der Waals surface area contributed by atoms with Crippen molar-refractivity contribution in [2.45, 2.75) is 46.0 Å². The second-order valence-electron chi connectivity index (χ2n) is 4.16. The average Bonchev–Trinajstić information content (AvgIpc) is 2.18. The van der Waals surface area contributed by atoms with Gasteiger partial charge in [0.1, 0.15) is 5.78 Å². The van der Waals surface area contributed by atoms with Gasteiger partial charge in [-0.1, -0.05) is 17.7 Å². The number of rotatable bonds is 1. The normalized spacial score (nSPS) is 26.1. The third kappa shape index (κ3) is 4.24. The van der Waals surface area contributed by atoms with E-state index in [0.29, 0.717) is 18.4 Å². The second kappa shape index (κ2) is 5.64. The molecule has 1 rings (SSSR count). The smallest absolute Gasteiger partial charge is 0.159 e. The monoisotopic (exact) mass is 206 g/mol. The first-order valence-corrected chi connectivity index (χ1v) is 5.49. The first-order chi connectivity index (χ1) is 7.09. The molecule has 2 nitrogen and oxygen atoms in total. The summed E-state index contributed by atoms with van der Waals surface area (Å²) in [6, 6.07) is 0. The van der Waals surface area contributed by atoms with E-state index in [0.717, 1.165) is 19.3 Å². The van der Waals surface area contributed by atoms with Crippen molar-refractivity contribution >= 4 is 11.6 Å². The summed E-state index contributed by atoms with van der Waals surface area (Å²) in [7, 11) is 0. The highest BCUT2D eigenvalue weighted by Crippen LogP contribution is 2.15. The molecular weight excluding hydrogens is 188 g/mol. The lowest BCUT2D eigenvalue weighted by atomic mass is 9.99. The van der Waals surface area contributed by atoms with E-state index in [1.54, 1.807) is 13.0 Å². The van der Waals surface area contributed by atoms with Gasteiger partial charge in [-0.15, -0.1) is 0 Å². The van der Waals surface area contributed by atoms with Crippen LogP contribution in [0.4, 0.5) is 0 Å². The van der Waals surface area contributed by atoms with Gasteiger partial charge in [0.05, 0.1) is 0 Å². The third-order valence-electron chi connectivity index (χ3n) is 2.63. The van der Waals surface area contributed by atoms with E-state index in [1.165, 1.54) is 5.57 Å². The van der Waals surface area contributed by atoms with Crippen molar-refractivity contribution in [3.05, 3.63) is 23.3 Å². The Morgan fingerprint density at radius 3 is 2.60 bits per heavy atom. The van der Waals surface area contributed by atoms with Crippen LogP contribution in [-0.4, -0.2) is 11.6 Å². The number of ketones is 2. The fraction of sp³-hybridized carbons (Fsp3) is 0.538. The number of carbonyl (C=O) groups is 2. The van der Waals surface area contributed by atoms with E-state index in [-0.39, 0.29) is 11.6 Å². The molecule has 0 N–H and O–H groups in total. The van der Waals surface area contributed by atoms with E-state index < -0.39 is 0 Å². The summed E-state index contributed by atoms with van der Waals surface area (Å²) < 4.78 is 0. The molecule has 2 heteroatoms. The molecule has 0 aromatic heterocycles. The molecule has 0 amide bonds. The molecule has 82 valence electrons. The van der Waals surface area contributed by atoms with Gasteiger partial charge in [-0.3, -0.25) is 9.59 Å². The van der Waals surface area contributed by atoms with Crippen LogP contribution in [0.1, 0.15) is 46.0 Å². The zero-order valence-corrected chi connectivity index (χ0v) is 9.51. The average molecular weight is 206 g/mol. The quantitative estimate of drug-likeness (QED) is 0.661. The summed E-state index contributed by atoms with van der Waals surface area (Å²) in [5.74, 6) is 0.282. The van der Waals surface area contributed by atoms with Crippen LogP contribution in [0.3, 0.4) is 0 Å². The Kier molecular flexibility index (Phi) is 4.47. The highest BCUT2D eigenvalue weighted by atomic mass is 16.1. The van der Waals surface area contributed by atoms with Gasteiger partial charge in [-0.2, -0.15) is 0 Å². The molecule has 0 saturated carbocycles. The van der Waals surface area contributed by atoms with Crippen molar-refractivity contribution in [1.29, 1.82) is 0 Å². The maximum atomic E-state index is 11.4. The molecule has 0 aromatic rings. The van der Waals surface area contributed by atoms with Gasteiger partial charge in [-0.05, 0) is 33.1 Å². The Morgan fingerprint density at radius 2 is 1.93 bits per heavy atom. The van der Waals surface area contributed by atoms with E-state index in [2.05, 4.69) is 0 Å². The number of allylic oxidation sites excluding steroid dienone is 4. The standard InChI is InChI=1S/C13H18O2/c1-10-5-3-4-6-13(15)8-7-12(9-10)11(2)14/h7,9H,3-6,8H2,1-2H3/b10-9-,12-7+. The van der Waals surface area contributed by atoms with Crippen molar-refractivity contribution in [3.63, 3.8) is 0 Å². The van der Waals surface area contributed by atoms with Crippen LogP contribution >= 0.6 is 0 Å². The van der Waals surface area contributed by atoms with Gasteiger partial charge >= 0.3 is 0 Å². The molecule has 0 radical (unpaired) electrons. The van der Waals surface area contributed by atoms with Gasteiger partial charge < -0.3 is 0 Å². The third-order valence-corrected chi connectivity index (χ3v) is 2.63. The lowest BCUT2D eigenvalue weighted by molar-refractivity contribution is -0.118. The minimum Gasteiger partial charge on any atom is -0.299 e. The zero-order chi connectivity index (χ0) is 11.3. The van der Waals surface area contributed by atoms with Crippen LogP contribution in [0.2, 0.25) is 0 Å². The molecule has 0 aromatic carbocycles. The van der Waals surface area contributed by atoms with Crippen molar-refractivity contribution in [1.82, 2.24) is 0 Å². The topological polar surface area (TPSA) is 34.1 Å². The second-order valence-corrected chi connectivity index (χ2v) is 4.16. The molecule has 0 heterocycles. The van der Waals surface area contributed by atoms with Gasteiger partial charge in [0.2, 0.25) is 0 Å². The van der Waals surface area contributed by atoms with Gasteiger partial charge in [0, 0.05) is 18.4 Å². The minimum atomic E-state index is 0.0442. The number of carbonyl (C=O) groups excluding carboxylic acids is 2. The summed E-state index contributed by atoms with van der Waals surface area (Å²) in [5, 5.41) is 0. The first-order valence-electron chi connectivity index (χ1n) is 5.49. The maximum Gasteiger partial charge on any atom is 0.159 e. The minimum absolute atomic E-state index is 0.0442. The Balaban J connectivity index is 2.87. The van der Waals surface area contributed by atoms with Crippen molar-refractivity contribution in [3.8, 4) is 0 Å². The molecular formula is C13H18O2. The Morgan fingerprint density at radius 1 is 1.27 bits per heavy atom. The fourth-order valence-electron chi connectivity index (χ4n) is 1.69. The lowest BCUT2D eigenvalue weighted by Crippen LogP contribution is -2.01. The van der Waals surface area contributed by atoms with Crippen molar-refractivity contribution in [2.75, 3.05) is 0 Å².